The van der Waals surface area contributed by atoms with Crippen molar-refractivity contribution in [2.24, 2.45) is 4.99 Å². The fourth-order valence-corrected chi connectivity index (χ4v) is 2.03. The molecule has 0 N–H and O–H groups in total. The molecule has 0 aromatic heterocycles. The van der Waals surface area contributed by atoms with E-state index in [-0.39, 0.29) is 5.91 Å². The molecule has 1 amide bonds. The van der Waals surface area contributed by atoms with E-state index in [1.165, 1.54) is 17.7 Å². The molecule has 0 saturated carbocycles. The number of nitrogens with zero attached hydrogens (tertiary/aromatic N) is 2. The van der Waals surface area contributed by atoms with E-state index in [4.69, 9.17) is 0 Å². The van der Waals surface area contributed by atoms with Crippen LogP contribution in [0.3, 0.4) is 0 Å². The maximum Gasteiger partial charge on any atom is 0.223 e. The Bertz CT molecular complexity index is 304. The van der Waals surface area contributed by atoms with Crippen LogP contribution in [0.4, 0.5) is 0 Å². The molecule has 0 bridgehead atoms. The van der Waals surface area contributed by atoms with Crippen molar-refractivity contribution < 1.29 is 4.79 Å². The molecular weight excluding hydrogens is 176 g/mol. The van der Waals surface area contributed by atoms with Gasteiger partial charge in [0.1, 0.15) is 0 Å². The Kier molecular flexibility index (Phi) is 2.66. The predicted octanol–water partition coefficient (Wildman–Crippen LogP) is 1.75. The van der Waals surface area contributed by atoms with Crippen LogP contribution in [0.1, 0.15) is 32.6 Å². The van der Waals surface area contributed by atoms with E-state index < -0.39 is 0 Å². The lowest BCUT2D eigenvalue weighted by Crippen LogP contribution is -2.28. The van der Waals surface area contributed by atoms with Crippen molar-refractivity contribution in [3.05, 3.63) is 11.8 Å². The second-order valence-corrected chi connectivity index (χ2v) is 3.90. The molecule has 0 fully saturated rings. The van der Waals surface area contributed by atoms with Gasteiger partial charge in [-0.15, -0.1) is 0 Å². The smallest absolute Gasteiger partial charge is 0.223 e. The summed E-state index contributed by atoms with van der Waals surface area (Å²) in [6, 6.07) is 0. The van der Waals surface area contributed by atoms with Crippen LogP contribution in [0.2, 0.25) is 0 Å². The summed E-state index contributed by atoms with van der Waals surface area (Å²) in [6.45, 7) is 3.45. The molecule has 0 saturated heterocycles. The second kappa shape index (κ2) is 3.95. The molecule has 0 atom stereocenters. The largest absolute Gasteiger partial charge is 0.319 e. The van der Waals surface area contributed by atoms with Crippen LogP contribution < -0.4 is 0 Å². The van der Waals surface area contributed by atoms with Crippen LogP contribution in [-0.4, -0.2) is 29.6 Å². The molecule has 2 rings (SSSR count). The molecule has 2 aliphatic heterocycles. The summed E-state index contributed by atoms with van der Waals surface area (Å²) in [5.41, 5.74) is 2.51. The van der Waals surface area contributed by atoms with Crippen LogP contribution in [0.5, 0.6) is 0 Å². The maximum absolute atomic E-state index is 11.2. The van der Waals surface area contributed by atoms with Crippen LogP contribution in [-0.2, 0) is 4.79 Å². The van der Waals surface area contributed by atoms with Gasteiger partial charge in [-0.2, -0.15) is 0 Å². The van der Waals surface area contributed by atoms with Crippen molar-refractivity contribution in [3.8, 4) is 0 Å². The van der Waals surface area contributed by atoms with Crippen molar-refractivity contribution in [1.29, 1.82) is 0 Å². The summed E-state index contributed by atoms with van der Waals surface area (Å²) in [6.07, 6.45) is 6.42. The third-order valence-corrected chi connectivity index (χ3v) is 2.81. The van der Waals surface area contributed by atoms with E-state index in [1.807, 2.05) is 6.20 Å². The molecule has 0 unspecified atom stereocenters. The molecule has 0 aromatic carbocycles. The third kappa shape index (κ3) is 1.86. The zero-order chi connectivity index (χ0) is 9.97. The monoisotopic (exact) mass is 192 g/mol. The quantitative estimate of drug-likeness (QED) is 0.623. The number of carbonyl (C=O) groups is 1. The van der Waals surface area contributed by atoms with Crippen molar-refractivity contribution in [1.82, 2.24) is 4.90 Å². The van der Waals surface area contributed by atoms with E-state index in [0.29, 0.717) is 0 Å². The third-order valence-electron chi connectivity index (χ3n) is 2.81. The molecule has 3 nitrogen and oxygen atoms in total. The number of allylic oxidation sites excluding steroid dienone is 1. The van der Waals surface area contributed by atoms with Gasteiger partial charge in [-0.1, -0.05) is 0 Å². The fourth-order valence-electron chi connectivity index (χ4n) is 2.03. The molecule has 3 heteroatoms. The van der Waals surface area contributed by atoms with Gasteiger partial charge in [0, 0.05) is 31.9 Å². The zero-order valence-corrected chi connectivity index (χ0v) is 8.62. The lowest BCUT2D eigenvalue weighted by atomic mass is 10.0. The van der Waals surface area contributed by atoms with Gasteiger partial charge in [0.05, 0.1) is 0 Å². The van der Waals surface area contributed by atoms with Crippen molar-refractivity contribution in [2.75, 3.05) is 13.1 Å². The molecule has 0 aromatic rings. The average Bonchev–Trinajstić information content (AvgIpc) is 2.71. The first-order valence-corrected chi connectivity index (χ1v) is 5.29. The highest BCUT2D eigenvalue weighted by atomic mass is 16.2. The Morgan fingerprint density at radius 2 is 2.29 bits per heavy atom. The lowest BCUT2D eigenvalue weighted by Gasteiger charge is -2.23. The minimum atomic E-state index is 0.140. The Hall–Kier alpha value is -1.12. The Morgan fingerprint density at radius 1 is 1.43 bits per heavy atom. The van der Waals surface area contributed by atoms with Crippen molar-refractivity contribution in [3.63, 3.8) is 0 Å². The first kappa shape index (κ1) is 9.44. The first-order chi connectivity index (χ1) is 6.77. The Labute approximate surface area is 84.5 Å². The summed E-state index contributed by atoms with van der Waals surface area (Å²) in [4.78, 5) is 17.5. The molecule has 0 spiro atoms. The summed E-state index contributed by atoms with van der Waals surface area (Å²) in [7, 11) is 0. The van der Waals surface area contributed by atoms with Gasteiger partial charge >= 0.3 is 0 Å². The van der Waals surface area contributed by atoms with Crippen LogP contribution in [0.25, 0.3) is 0 Å². The summed E-state index contributed by atoms with van der Waals surface area (Å²) >= 11 is 0. The van der Waals surface area contributed by atoms with E-state index in [9.17, 15) is 4.79 Å². The van der Waals surface area contributed by atoms with Gasteiger partial charge < -0.3 is 4.90 Å². The van der Waals surface area contributed by atoms with Gasteiger partial charge in [-0.3, -0.25) is 9.79 Å². The molecule has 2 heterocycles. The molecule has 0 aliphatic carbocycles. The minimum absolute atomic E-state index is 0.140. The molecular formula is C11H16N2O. The topological polar surface area (TPSA) is 32.7 Å². The number of rotatable bonds is 1. The highest BCUT2D eigenvalue weighted by molar-refractivity contribution is 6.01. The van der Waals surface area contributed by atoms with Crippen LogP contribution >= 0.6 is 0 Å². The maximum atomic E-state index is 11.2. The van der Waals surface area contributed by atoms with Gasteiger partial charge in [-0.05, 0) is 31.3 Å². The zero-order valence-electron chi connectivity index (χ0n) is 8.62. The lowest BCUT2D eigenvalue weighted by molar-refractivity contribution is -0.126. The van der Waals surface area contributed by atoms with E-state index in [2.05, 4.69) is 4.99 Å². The number of aliphatic imine (C=N–C) groups is 1. The normalized spacial score (nSPS) is 21.9. The van der Waals surface area contributed by atoms with Gasteiger partial charge in [-0.25, -0.2) is 0 Å². The van der Waals surface area contributed by atoms with E-state index >= 15 is 0 Å². The number of hydrogen-bond donors (Lipinski definition) is 0. The van der Waals surface area contributed by atoms with Crippen LogP contribution in [0.15, 0.2) is 16.8 Å². The molecule has 14 heavy (non-hydrogen) atoms. The van der Waals surface area contributed by atoms with Crippen molar-refractivity contribution >= 4 is 11.6 Å². The second-order valence-electron chi connectivity index (χ2n) is 3.90. The number of hydrogen-bond acceptors (Lipinski definition) is 2. The Morgan fingerprint density at radius 3 is 2.93 bits per heavy atom. The molecule has 2 aliphatic rings. The predicted molar refractivity (Wildman–Crippen MR) is 56.2 cm³/mol. The standard InChI is InChI=1S/C11H16N2O/c1-9(14)13-7-3-4-10(8-13)11-5-2-6-12-11/h8H,2-7H2,1H3. The SMILES string of the molecule is CC(=O)N1C=C(C2=NCCC2)CCC1. The highest BCUT2D eigenvalue weighted by Gasteiger charge is 2.18. The molecule has 0 radical (unpaired) electrons. The van der Waals surface area contributed by atoms with E-state index in [0.717, 1.165) is 32.4 Å². The highest BCUT2D eigenvalue weighted by Crippen LogP contribution is 2.21. The average molecular weight is 192 g/mol. The first-order valence-electron chi connectivity index (χ1n) is 5.29. The summed E-state index contributed by atoms with van der Waals surface area (Å²) in [5.74, 6) is 0.140. The Balaban J connectivity index is 2.14. The molecule has 76 valence electrons. The summed E-state index contributed by atoms with van der Waals surface area (Å²) < 4.78 is 0. The van der Waals surface area contributed by atoms with Gasteiger partial charge in [0.15, 0.2) is 0 Å². The summed E-state index contributed by atoms with van der Waals surface area (Å²) in [5, 5.41) is 0. The van der Waals surface area contributed by atoms with Gasteiger partial charge in [0.2, 0.25) is 5.91 Å². The van der Waals surface area contributed by atoms with Gasteiger partial charge in [0.25, 0.3) is 0 Å². The number of carbonyl (C=O) groups excluding carboxylic acids is 1. The fraction of sp³-hybridized carbons (Fsp3) is 0.636. The van der Waals surface area contributed by atoms with E-state index in [1.54, 1.807) is 11.8 Å². The number of amides is 1. The minimum Gasteiger partial charge on any atom is -0.319 e. The van der Waals surface area contributed by atoms with Crippen LogP contribution in [0, 0.1) is 0 Å². The van der Waals surface area contributed by atoms with Crippen molar-refractivity contribution in [2.45, 2.75) is 32.6 Å².